The molecule has 0 aliphatic heterocycles. The molecule has 0 heterocycles. The number of ether oxygens (including phenoxy) is 3. The molecule has 0 amide bonds. The summed E-state index contributed by atoms with van der Waals surface area (Å²) in [7, 11) is 1.36. The molecule has 0 spiro atoms. The Balaban J connectivity index is 1.92. The summed E-state index contributed by atoms with van der Waals surface area (Å²) in [5.74, 6) is 0.225. The maximum Gasteiger partial charge on any atom is 0.337 e. The number of carbonyl (C=O) groups excluding carboxylic acids is 2. The minimum atomic E-state index is -0.448. The summed E-state index contributed by atoms with van der Waals surface area (Å²) in [6.07, 6.45) is 5.57. The largest absolute Gasteiger partial charge is 0.490 e. The molecule has 0 aromatic heterocycles. The van der Waals surface area contributed by atoms with E-state index in [9.17, 15) is 9.59 Å². The van der Waals surface area contributed by atoms with E-state index < -0.39 is 5.60 Å². The van der Waals surface area contributed by atoms with E-state index in [1.54, 1.807) is 24.3 Å². The molecular formula is C21H30O5. The lowest BCUT2D eigenvalue weighted by Gasteiger charge is -2.27. The van der Waals surface area contributed by atoms with Gasteiger partial charge in [-0.25, -0.2) is 4.79 Å². The van der Waals surface area contributed by atoms with Crippen LogP contribution in [-0.2, 0) is 14.3 Å². The van der Waals surface area contributed by atoms with Crippen molar-refractivity contribution in [1.29, 1.82) is 0 Å². The van der Waals surface area contributed by atoms with Crippen molar-refractivity contribution in [2.45, 2.75) is 71.0 Å². The molecule has 5 heteroatoms. The Morgan fingerprint density at radius 1 is 0.962 bits per heavy atom. The van der Waals surface area contributed by atoms with Crippen LogP contribution in [0.25, 0.3) is 0 Å². The number of benzene rings is 1. The van der Waals surface area contributed by atoms with Gasteiger partial charge in [-0.2, -0.15) is 0 Å². The maximum absolute atomic E-state index is 12.4. The van der Waals surface area contributed by atoms with Gasteiger partial charge in [-0.15, -0.1) is 0 Å². The summed E-state index contributed by atoms with van der Waals surface area (Å²) >= 11 is 0. The Hall–Kier alpha value is -2.04. The van der Waals surface area contributed by atoms with Gasteiger partial charge in [0.05, 0.1) is 24.7 Å². The number of rotatable bonds is 4. The molecule has 1 aliphatic carbocycles. The lowest BCUT2D eigenvalue weighted by atomic mass is 9.89. The molecule has 1 aliphatic rings. The van der Waals surface area contributed by atoms with Crippen LogP contribution in [0.15, 0.2) is 24.3 Å². The van der Waals surface area contributed by atoms with Crippen LogP contribution < -0.4 is 4.74 Å². The second kappa shape index (κ2) is 9.06. The zero-order valence-electron chi connectivity index (χ0n) is 16.2. The Labute approximate surface area is 156 Å². The molecule has 1 fully saturated rings. The second-order valence-corrected chi connectivity index (χ2v) is 7.85. The van der Waals surface area contributed by atoms with Crippen LogP contribution in [0.3, 0.4) is 0 Å². The summed E-state index contributed by atoms with van der Waals surface area (Å²) in [5, 5.41) is 0. The van der Waals surface area contributed by atoms with Crippen LogP contribution in [0.5, 0.6) is 5.75 Å². The highest BCUT2D eigenvalue weighted by Gasteiger charge is 2.27. The first-order chi connectivity index (χ1) is 12.3. The quantitative estimate of drug-likeness (QED) is 0.736. The summed E-state index contributed by atoms with van der Waals surface area (Å²) < 4.78 is 16.3. The third kappa shape index (κ3) is 6.36. The fourth-order valence-corrected chi connectivity index (χ4v) is 3.16. The molecule has 1 aromatic rings. The van der Waals surface area contributed by atoms with Gasteiger partial charge < -0.3 is 14.2 Å². The Kier molecular flexibility index (Phi) is 7.06. The van der Waals surface area contributed by atoms with E-state index in [4.69, 9.17) is 14.2 Å². The van der Waals surface area contributed by atoms with Crippen LogP contribution in [0, 0.1) is 5.92 Å². The van der Waals surface area contributed by atoms with E-state index >= 15 is 0 Å². The predicted molar refractivity (Wildman–Crippen MR) is 99.2 cm³/mol. The van der Waals surface area contributed by atoms with Gasteiger partial charge in [-0.1, -0.05) is 6.42 Å². The maximum atomic E-state index is 12.4. The third-order valence-corrected chi connectivity index (χ3v) is 4.48. The highest BCUT2D eigenvalue weighted by Crippen LogP contribution is 2.28. The van der Waals surface area contributed by atoms with E-state index in [1.165, 1.54) is 7.11 Å². The standard InChI is InChI=1S/C21H30O5/c1-21(2,3)26-20(23)15-7-5-6-8-17(12-9-15)25-18-13-10-16(11-14-18)19(22)24-4/h10-11,13-15,17H,5-9,12H2,1-4H3. The first-order valence-corrected chi connectivity index (χ1v) is 9.36. The fourth-order valence-electron chi connectivity index (χ4n) is 3.16. The van der Waals surface area contributed by atoms with Crippen LogP contribution >= 0.6 is 0 Å². The van der Waals surface area contributed by atoms with Crippen molar-refractivity contribution in [2.75, 3.05) is 7.11 Å². The molecule has 144 valence electrons. The van der Waals surface area contributed by atoms with Crippen LogP contribution in [0.2, 0.25) is 0 Å². The highest BCUT2D eigenvalue weighted by molar-refractivity contribution is 5.89. The molecule has 0 N–H and O–H groups in total. The van der Waals surface area contributed by atoms with E-state index in [2.05, 4.69) is 0 Å². The fraction of sp³-hybridized carbons (Fsp3) is 0.619. The molecule has 2 atom stereocenters. The number of carbonyl (C=O) groups is 2. The molecule has 26 heavy (non-hydrogen) atoms. The monoisotopic (exact) mass is 362 g/mol. The first-order valence-electron chi connectivity index (χ1n) is 9.36. The lowest BCUT2D eigenvalue weighted by molar-refractivity contribution is -0.160. The topological polar surface area (TPSA) is 61.8 Å². The number of hydrogen-bond acceptors (Lipinski definition) is 5. The summed E-state index contributed by atoms with van der Waals surface area (Å²) in [6.45, 7) is 5.70. The van der Waals surface area contributed by atoms with Gasteiger partial charge in [0, 0.05) is 0 Å². The van der Waals surface area contributed by atoms with Crippen LogP contribution in [0.1, 0.15) is 69.7 Å². The third-order valence-electron chi connectivity index (χ3n) is 4.48. The molecule has 2 rings (SSSR count). The van der Waals surface area contributed by atoms with Crippen molar-refractivity contribution in [1.82, 2.24) is 0 Å². The van der Waals surface area contributed by atoms with Crippen molar-refractivity contribution < 1.29 is 23.8 Å². The van der Waals surface area contributed by atoms with Gasteiger partial charge in [0.25, 0.3) is 0 Å². The summed E-state index contributed by atoms with van der Waals surface area (Å²) in [6, 6.07) is 6.98. The van der Waals surface area contributed by atoms with Gasteiger partial charge >= 0.3 is 11.9 Å². The van der Waals surface area contributed by atoms with Gasteiger partial charge in [0.15, 0.2) is 0 Å². The molecule has 5 nitrogen and oxygen atoms in total. The predicted octanol–water partition coefficient (Wildman–Crippen LogP) is 4.53. The zero-order chi connectivity index (χ0) is 19.2. The minimum Gasteiger partial charge on any atom is -0.490 e. The minimum absolute atomic E-state index is 0.0534. The number of esters is 2. The van der Waals surface area contributed by atoms with Crippen molar-refractivity contribution in [3.05, 3.63) is 29.8 Å². The van der Waals surface area contributed by atoms with E-state index in [0.29, 0.717) is 5.56 Å². The summed E-state index contributed by atoms with van der Waals surface area (Å²) in [5.41, 5.74) is 0.0546. The van der Waals surface area contributed by atoms with Crippen molar-refractivity contribution in [3.8, 4) is 5.75 Å². The highest BCUT2D eigenvalue weighted by atomic mass is 16.6. The second-order valence-electron chi connectivity index (χ2n) is 7.85. The average molecular weight is 362 g/mol. The molecule has 1 saturated carbocycles. The Morgan fingerprint density at radius 3 is 2.23 bits per heavy atom. The van der Waals surface area contributed by atoms with E-state index in [-0.39, 0.29) is 24.0 Å². The number of methoxy groups -OCH3 is 1. The summed E-state index contributed by atoms with van der Waals surface area (Å²) in [4.78, 5) is 23.9. The molecule has 0 bridgehead atoms. The lowest BCUT2D eigenvalue weighted by Crippen LogP contribution is -2.30. The van der Waals surface area contributed by atoms with E-state index in [1.807, 2.05) is 20.8 Å². The van der Waals surface area contributed by atoms with Gasteiger partial charge in [0.2, 0.25) is 0 Å². The molecule has 0 radical (unpaired) electrons. The van der Waals surface area contributed by atoms with Crippen molar-refractivity contribution >= 4 is 11.9 Å². The van der Waals surface area contributed by atoms with E-state index in [0.717, 1.165) is 44.3 Å². The molecule has 0 saturated heterocycles. The Bertz CT molecular complexity index is 600. The van der Waals surface area contributed by atoms with Gasteiger partial charge in [0.1, 0.15) is 11.4 Å². The van der Waals surface area contributed by atoms with Gasteiger partial charge in [-0.05, 0) is 77.1 Å². The average Bonchev–Trinajstić information content (AvgIpc) is 2.55. The van der Waals surface area contributed by atoms with Gasteiger partial charge in [-0.3, -0.25) is 4.79 Å². The first kappa shape index (κ1) is 20.3. The molecular weight excluding hydrogens is 332 g/mol. The Morgan fingerprint density at radius 2 is 1.62 bits per heavy atom. The van der Waals surface area contributed by atoms with Crippen LogP contribution in [0.4, 0.5) is 0 Å². The molecule has 2 unspecified atom stereocenters. The smallest absolute Gasteiger partial charge is 0.337 e. The molecule has 1 aromatic carbocycles. The van der Waals surface area contributed by atoms with Crippen molar-refractivity contribution in [3.63, 3.8) is 0 Å². The normalized spacial score (nSPS) is 21.2. The SMILES string of the molecule is COC(=O)c1ccc(OC2CCCCC(C(=O)OC(C)(C)C)CC2)cc1. The van der Waals surface area contributed by atoms with Crippen LogP contribution in [-0.4, -0.2) is 30.8 Å². The zero-order valence-corrected chi connectivity index (χ0v) is 16.2. The van der Waals surface area contributed by atoms with Crippen molar-refractivity contribution in [2.24, 2.45) is 5.92 Å². The number of hydrogen-bond donors (Lipinski definition) is 0.